The first-order valence-electron chi connectivity index (χ1n) is 8.16. The molecular weight excluding hydrogens is 262 g/mol. The van der Waals surface area contributed by atoms with E-state index >= 15 is 0 Å². The molecule has 0 saturated carbocycles. The molecule has 2 unspecified atom stereocenters. The molecule has 1 heterocycles. The summed E-state index contributed by atoms with van der Waals surface area (Å²) in [6, 6.07) is 6.50. The van der Waals surface area contributed by atoms with E-state index in [0.29, 0.717) is 6.04 Å². The highest BCUT2D eigenvalue weighted by atomic mass is 16.5. The number of nitrogens with one attached hydrogen (secondary N) is 1. The van der Waals surface area contributed by atoms with Crippen molar-refractivity contribution in [2.24, 2.45) is 0 Å². The van der Waals surface area contributed by atoms with Gasteiger partial charge < -0.3 is 14.8 Å². The normalized spacial score (nSPS) is 24.3. The SMILES string of the molecule is CCCCCCC1(C)CC(NC)c2ccc(OC)cc2O1. The molecule has 0 radical (unpaired) electrons. The molecule has 1 aromatic rings. The van der Waals surface area contributed by atoms with Crippen molar-refractivity contribution < 1.29 is 9.47 Å². The number of rotatable bonds is 7. The molecule has 118 valence electrons. The smallest absolute Gasteiger partial charge is 0.128 e. The lowest BCUT2D eigenvalue weighted by Gasteiger charge is -2.40. The molecule has 0 spiro atoms. The van der Waals surface area contributed by atoms with Crippen molar-refractivity contribution in [3.8, 4) is 11.5 Å². The monoisotopic (exact) mass is 291 g/mol. The van der Waals surface area contributed by atoms with Gasteiger partial charge in [0.05, 0.1) is 7.11 Å². The summed E-state index contributed by atoms with van der Waals surface area (Å²) in [5, 5.41) is 3.43. The Morgan fingerprint density at radius 3 is 2.81 bits per heavy atom. The van der Waals surface area contributed by atoms with E-state index < -0.39 is 0 Å². The van der Waals surface area contributed by atoms with Gasteiger partial charge in [0, 0.05) is 24.1 Å². The minimum Gasteiger partial charge on any atom is -0.497 e. The van der Waals surface area contributed by atoms with Gasteiger partial charge in [-0.1, -0.05) is 32.3 Å². The zero-order valence-electron chi connectivity index (χ0n) is 13.9. The van der Waals surface area contributed by atoms with Crippen molar-refractivity contribution >= 4 is 0 Å². The van der Waals surface area contributed by atoms with Crippen LogP contribution in [0.25, 0.3) is 0 Å². The average Bonchev–Trinajstić information content (AvgIpc) is 2.50. The fourth-order valence-electron chi connectivity index (χ4n) is 3.20. The number of methoxy groups -OCH3 is 1. The highest BCUT2D eigenvalue weighted by molar-refractivity contribution is 5.44. The van der Waals surface area contributed by atoms with Gasteiger partial charge in [0.1, 0.15) is 17.1 Å². The summed E-state index contributed by atoms with van der Waals surface area (Å²) < 4.78 is 11.7. The van der Waals surface area contributed by atoms with Gasteiger partial charge in [0.2, 0.25) is 0 Å². The highest BCUT2D eigenvalue weighted by Crippen LogP contribution is 2.43. The topological polar surface area (TPSA) is 30.5 Å². The first-order chi connectivity index (χ1) is 10.1. The standard InChI is InChI=1S/C18H29NO2/c1-5-6-7-8-11-18(2)13-16(19-3)15-10-9-14(20-4)12-17(15)21-18/h9-10,12,16,19H,5-8,11,13H2,1-4H3. The highest BCUT2D eigenvalue weighted by Gasteiger charge is 2.36. The van der Waals surface area contributed by atoms with Gasteiger partial charge >= 0.3 is 0 Å². The summed E-state index contributed by atoms with van der Waals surface area (Å²) >= 11 is 0. The molecule has 0 amide bonds. The third-order valence-corrected chi connectivity index (χ3v) is 4.50. The fraction of sp³-hybridized carbons (Fsp3) is 0.667. The third-order valence-electron chi connectivity index (χ3n) is 4.50. The lowest BCUT2D eigenvalue weighted by molar-refractivity contribution is 0.0381. The Kier molecular flexibility index (Phi) is 5.51. The fourth-order valence-corrected chi connectivity index (χ4v) is 3.20. The number of hydrogen-bond acceptors (Lipinski definition) is 3. The van der Waals surface area contributed by atoms with Crippen LogP contribution in [0.5, 0.6) is 11.5 Å². The second-order valence-electron chi connectivity index (χ2n) is 6.31. The molecule has 1 aromatic carbocycles. The van der Waals surface area contributed by atoms with E-state index in [1.54, 1.807) is 7.11 Å². The average molecular weight is 291 g/mol. The van der Waals surface area contributed by atoms with Crippen LogP contribution in [-0.2, 0) is 0 Å². The van der Waals surface area contributed by atoms with Crippen molar-refractivity contribution in [1.82, 2.24) is 5.32 Å². The third kappa shape index (κ3) is 3.91. The molecule has 0 bridgehead atoms. The predicted molar refractivity (Wildman–Crippen MR) is 87.2 cm³/mol. The van der Waals surface area contributed by atoms with Crippen LogP contribution in [-0.4, -0.2) is 19.8 Å². The first kappa shape index (κ1) is 16.2. The van der Waals surface area contributed by atoms with Crippen LogP contribution in [0.2, 0.25) is 0 Å². The second kappa shape index (κ2) is 7.17. The van der Waals surface area contributed by atoms with Crippen LogP contribution in [0, 0.1) is 0 Å². The van der Waals surface area contributed by atoms with E-state index in [9.17, 15) is 0 Å². The van der Waals surface area contributed by atoms with Gasteiger partial charge in [-0.25, -0.2) is 0 Å². The van der Waals surface area contributed by atoms with Crippen LogP contribution >= 0.6 is 0 Å². The molecule has 0 aliphatic carbocycles. The first-order valence-corrected chi connectivity index (χ1v) is 8.16. The molecule has 0 aromatic heterocycles. The van der Waals surface area contributed by atoms with Gasteiger partial charge in [-0.05, 0) is 32.9 Å². The maximum absolute atomic E-state index is 6.35. The zero-order chi connectivity index (χ0) is 15.3. The Morgan fingerprint density at radius 2 is 2.14 bits per heavy atom. The number of hydrogen-bond donors (Lipinski definition) is 1. The van der Waals surface area contributed by atoms with Gasteiger partial charge in [-0.3, -0.25) is 0 Å². The molecule has 3 nitrogen and oxygen atoms in total. The summed E-state index contributed by atoms with van der Waals surface area (Å²) in [5.41, 5.74) is 1.16. The van der Waals surface area contributed by atoms with Gasteiger partial charge in [0.15, 0.2) is 0 Å². The van der Waals surface area contributed by atoms with Crippen LogP contribution in [0.3, 0.4) is 0 Å². The molecule has 2 rings (SSSR count). The van der Waals surface area contributed by atoms with Crippen molar-refractivity contribution in [1.29, 1.82) is 0 Å². The molecular formula is C18H29NO2. The van der Waals surface area contributed by atoms with Gasteiger partial charge in [-0.15, -0.1) is 0 Å². The lowest BCUT2D eigenvalue weighted by atomic mass is 9.85. The molecule has 0 saturated heterocycles. The molecule has 1 N–H and O–H groups in total. The number of unbranched alkanes of at least 4 members (excludes halogenated alkanes) is 3. The largest absolute Gasteiger partial charge is 0.497 e. The number of ether oxygens (including phenoxy) is 2. The Labute approximate surface area is 129 Å². The van der Waals surface area contributed by atoms with E-state index in [1.165, 1.54) is 31.2 Å². The van der Waals surface area contributed by atoms with Crippen LogP contribution in [0.15, 0.2) is 18.2 Å². The van der Waals surface area contributed by atoms with Crippen LogP contribution in [0.1, 0.15) is 64.0 Å². The minimum atomic E-state index is -0.0826. The van der Waals surface area contributed by atoms with E-state index in [2.05, 4.69) is 25.2 Å². The van der Waals surface area contributed by atoms with E-state index in [-0.39, 0.29) is 5.60 Å². The Bertz CT molecular complexity index is 461. The van der Waals surface area contributed by atoms with Crippen LogP contribution < -0.4 is 14.8 Å². The Balaban J connectivity index is 2.13. The molecule has 3 heteroatoms. The maximum Gasteiger partial charge on any atom is 0.128 e. The quantitative estimate of drug-likeness (QED) is 0.752. The predicted octanol–water partition coefficient (Wildman–Crippen LogP) is 4.47. The Morgan fingerprint density at radius 1 is 1.33 bits per heavy atom. The zero-order valence-corrected chi connectivity index (χ0v) is 13.9. The summed E-state index contributed by atoms with van der Waals surface area (Å²) in [5.74, 6) is 1.83. The summed E-state index contributed by atoms with van der Waals surface area (Å²) in [4.78, 5) is 0. The summed E-state index contributed by atoms with van der Waals surface area (Å²) in [6.45, 7) is 4.49. The molecule has 0 fully saturated rings. The maximum atomic E-state index is 6.35. The Hall–Kier alpha value is -1.22. The van der Waals surface area contributed by atoms with Gasteiger partial charge in [-0.2, -0.15) is 0 Å². The lowest BCUT2D eigenvalue weighted by Crippen LogP contribution is -2.41. The van der Waals surface area contributed by atoms with Crippen molar-refractivity contribution in [3.05, 3.63) is 23.8 Å². The molecule has 1 aliphatic rings. The molecule has 1 aliphatic heterocycles. The van der Waals surface area contributed by atoms with Crippen molar-refractivity contribution in [3.63, 3.8) is 0 Å². The van der Waals surface area contributed by atoms with Gasteiger partial charge in [0.25, 0.3) is 0 Å². The summed E-state index contributed by atoms with van der Waals surface area (Å²) in [7, 11) is 3.73. The minimum absolute atomic E-state index is 0.0826. The van der Waals surface area contributed by atoms with Crippen LogP contribution in [0.4, 0.5) is 0 Å². The van der Waals surface area contributed by atoms with E-state index in [1.807, 2.05) is 19.2 Å². The van der Waals surface area contributed by atoms with E-state index in [4.69, 9.17) is 9.47 Å². The molecule has 2 atom stereocenters. The second-order valence-corrected chi connectivity index (χ2v) is 6.31. The van der Waals surface area contributed by atoms with E-state index in [0.717, 1.165) is 24.3 Å². The number of fused-ring (bicyclic) bond motifs is 1. The van der Waals surface area contributed by atoms with Crippen molar-refractivity contribution in [2.75, 3.05) is 14.2 Å². The number of benzene rings is 1. The van der Waals surface area contributed by atoms with Crippen molar-refractivity contribution in [2.45, 2.75) is 64.0 Å². The summed E-state index contributed by atoms with van der Waals surface area (Å²) in [6.07, 6.45) is 7.26. The molecule has 21 heavy (non-hydrogen) atoms.